The molecule has 11 bridgehead atoms. The van der Waals surface area contributed by atoms with Crippen LogP contribution in [-0.2, 0) is 19.2 Å². The Bertz CT molecular complexity index is 2450. The van der Waals surface area contributed by atoms with Crippen LogP contribution in [0.2, 0.25) is 0 Å². The first-order valence-electron chi connectivity index (χ1n) is 18.6. The normalized spacial score (nSPS) is 21.3. The summed E-state index contributed by atoms with van der Waals surface area (Å²) in [6.07, 6.45) is 0. The Balaban J connectivity index is 1.24. The summed E-state index contributed by atoms with van der Waals surface area (Å²) in [4.78, 5) is 78.1. The van der Waals surface area contributed by atoms with Crippen LogP contribution in [0.4, 0.5) is 0 Å². The van der Waals surface area contributed by atoms with E-state index in [-0.39, 0.29) is 31.0 Å². The number of hydrogen-bond donors (Lipinski definition) is 6. The second-order valence-corrected chi connectivity index (χ2v) is 14.1. The molecule has 0 aliphatic carbocycles. The molecule has 5 aliphatic heterocycles. The zero-order chi connectivity index (χ0) is 40.3. The molecule has 292 valence electrons. The summed E-state index contributed by atoms with van der Waals surface area (Å²) in [5.41, 5.74) is 3.86. The Morgan fingerprint density at radius 2 is 1.17 bits per heavy atom. The number of Topliss-reactive ketones (excluding diaryl/α,β-unsaturated/α-hetero) is 3. The first kappa shape index (κ1) is 38.1. The van der Waals surface area contributed by atoms with Gasteiger partial charge in [0, 0.05) is 48.9 Å². The number of amides is 2. The number of ketones is 3. The van der Waals surface area contributed by atoms with Crippen molar-refractivity contribution in [3.8, 4) is 34.1 Å². The van der Waals surface area contributed by atoms with Crippen molar-refractivity contribution in [2.75, 3.05) is 26.2 Å². The molecule has 0 spiro atoms. The Kier molecular flexibility index (Phi) is 10.7. The second-order valence-electron chi connectivity index (χ2n) is 14.1. The fourth-order valence-electron chi connectivity index (χ4n) is 7.32. The van der Waals surface area contributed by atoms with Crippen LogP contribution in [0.5, 0.6) is 23.0 Å². The van der Waals surface area contributed by atoms with Gasteiger partial charge in [-0.1, -0.05) is 42.5 Å². The van der Waals surface area contributed by atoms with Crippen molar-refractivity contribution in [2.24, 2.45) is 0 Å². The maximum Gasteiger partial charge on any atom is 0.325 e. The lowest BCUT2D eigenvalue weighted by Gasteiger charge is -2.29. The molecule has 5 aliphatic rings. The minimum atomic E-state index is -1.38. The highest BCUT2D eigenvalue weighted by Crippen LogP contribution is 2.35. The third-order valence-corrected chi connectivity index (χ3v) is 10.3. The number of rotatable bonds is 1. The zero-order valence-corrected chi connectivity index (χ0v) is 30.8. The molecule has 4 atom stereocenters. The summed E-state index contributed by atoms with van der Waals surface area (Å²) in [6.45, 7) is -0.0249. The SMILES string of the molecule is O=C1CNC2CNC3CNC(CNC(C(=O)O)c4ccccc4-c4cccc3c4)C(=O)c3ccc(cc3)Oc3cc(cc2c3)Oc2ccc(cc2)C(=O)C(=O)C(=O)N1. The molecule has 5 aromatic rings. The summed E-state index contributed by atoms with van der Waals surface area (Å²) in [5, 5.41) is 25.7. The van der Waals surface area contributed by atoms with E-state index < -0.39 is 60.1 Å². The highest BCUT2D eigenvalue weighted by atomic mass is 16.5. The number of ether oxygens (including phenoxy) is 2. The molecular formula is C44H37N5O9. The fourth-order valence-corrected chi connectivity index (χ4v) is 7.32. The van der Waals surface area contributed by atoms with Crippen LogP contribution < -0.4 is 36.1 Å². The van der Waals surface area contributed by atoms with Gasteiger partial charge in [0.25, 0.3) is 5.78 Å². The first-order chi connectivity index (χ1) is 28.1. The summed E-state index contributed by atoms with van der Waals surface area (Å²) in [6, 6.07) is 29.4. The fraction of sp³-hybridized carbons (Fsp3) is 0.182. The number of hydrogen-bond acceptors (Lipinski definition) is 12. The molecule has 14 nitrogen and oxygen atoms in total. The molecule has 0 saturated heterocycles. The average molecular weight is 780 g/mol. The molecule has 58 heavy (non-hydrogen) atoms. The largest absolute Gasteiger partial charge is 0.480 e. The van der Waals surface area contributed by atoms with Crippen LogP contribution in [0.15, 0.2) is 115 Å². The van der Waals surface area contributed by atoms with Gasteiger partial charge in [0.05, 0.1) is 12.6 Å². The van der Waals surface area contributed by atoms with E-state index in [1.54, 1.807) is 54.6 Å². The second kappa shape index (κ2) is 16.3. The van der Waals surface area contributed by atoms with E-state index in [0.717, 1.165) is 16.7 Å². The van der Waals surface area contributed by atoms with Crippen molar-refractivity contribution in [3.63, 3.8) is 0 Å². The number of fused-ring (bicyclic) bond motifs is 15. The van der Waals surface area contributed by atoms with Gasteiger partial charge >= 0.3 is 11.9 Å². The average Bonchev–Trinajstić information content (AvgIpc) is 3.22. The van der Waals surface area contributed by atoms with Crippen molar-refractivity contribution in [2.45, 2.75) is 24.2 Å². The number of carboxylic acid groups (broad SMARTS) is 1. The maximum atomic E-state index is 14.2. The predicted octanol–water partition coefficient (Wildman–Crippen LogP) is 4.19. The summed E-state index contributed by atoms with van der Waals surface area (Å²) in [7, 11) is 0. The molecule has 5 aromatic carbocycles. The number of imide groups is 1. The van der Waals surface area contributed by atoms with Crippen LogP contribution in [0, 0.1) is 0 Å². The molecule has 2 amide bonds. The first-order valence-corrected chi connectivity index (χ1v) is 18.6. The third kappa shape index (κ3) is 8.17. The van der Waals surface area contributed by atoms with Gasteiger partial charge in [-0.25, -0.2) is 0 Å². The van der Waals surface area contributed by atoms with E-state index in [1.165, 1.54) is 24.3 Å². The van der Waals surface area contributed by atoms with E-state index in [2.05, 4.69) is 21.3 Å². The molecule has 5 heterocycles. The van der Waals surface area contributed by atoms with E-state index in [1.807, 2.05) is 41.7 Å². The quantitative estimate of drug-likeness (QED) is 0.105. The Morgan fingerprint density at radius 1 is 0.552 bits per heavy atom. The van der Waals surface area contributed by atoms with E-state index in [0.29, 0.717) is 39.7 Å². The van der Waals surface area contributed by atoms with Crippen LogP contribution in [-0.4, -0.2) is 72.5 Å². The van der Waals surface area contributed by atoms with E-state index >= 15 is 0 Å². The number of aliphatic carboxylic acids is 1. The third-order valence-electron chi connectivity index (χ3n) is 10.3. The summed E-state index contributed by atoms with van der Waals surface area (Å²) >= 11 is 0. The monoisotopic (exact) mass is 779 g/mol. The maximum absolute atomic E-state index is 14.2. The molecule has 0 radical (unpaired) electrons. The molecule has 4 unspecified atom stereocenters. The van der Waals surface area contributed by atoms with Gasteiger partial charge in [0.2, 0.25) is 11.7 Å². The van der Waals surface area contributed by atoms with Crippen molar-refractivity contribution < 1.29 is 43.3 Å². The van der Waals surface area contributed by atoms with Crippen LogP contribution in [0.3, 0.4) is 0 Å². The van der Waals surface area contributed by atoms with Crippen molar-refractivity contribution in [1.82, 2.24) is 26.6 Å². The topological polar surface area (TPSA) is 201 Å². The standard InChI is InChI=1S/C44H37N5O9/c50-38-23-47-36-21-45-35-20-46-37(22-48-39(44(55)56)34-7-2-1-6-33(34)26-4-3-5-27(35)16-26)40(51)24-8-12-29(13-9-24)57-31-17-28(36)18-32(19-31)58-30-14-10-25(11-15-30)41(52)42(53)43(54)49-38/h1-19,35-37,39,45-48H,20-23H2,(H,55,56)(H,49,50,54). The Labute approximate surface area is 331 Å². The van der Waals surface area contributed by atoms with Crippen LogP contribution in [0.1, 0.15) is 55.5 Å². The number of nitrogens with one attached hydrogen (secondary N) is 5. The van der Waals surface area contributed by atoms with Crippen LogP contribution >= 0.6 is 0 Å². The molecule has 0 saturated carbocycles. The lowest BCUT2D eigenvalue weighted by molar-refractivity contribution is -0.140. The molecule has 0 fully saturated rings. The van der Waals surface area contributed by atoms with Gasteiger partial charge in [-0.15, -0.1) is 0 Å². The number of carbonyl (C=O) groups excluding carboxylic acids is 5. The number of benzene rings is 5. The smallest absolute Gasteiger partial charge is 0.325 e. The van der Waals surface area contributed by atoms with Gasteiger partial charge < -0.3 is 30.5 Å². The molecule has 0 aromatic heterocycles. The molecule has 6 N–H and O–H groups in total. The van der Waals surface area contributed by atoms with Crippen LogP contribution in [0.25, 0.3) is 11.1 Å². The highest BCUT2D eigenvalue weighted by Gasteiger charge is 2.30. The van der Waals surface area contributed by atoms with E-state index in [4.69, 9.17) is 9.47 Å². The predicted molar refractivity (Wildman–Crippen MR) is 210 cm³/mol. The number of carboxylic acids is 1. The minimum Gasteiger partial charge on any atom is -0.480 e. The van der Waals surface area contributed by atoms with Gasteiger partial charge in [-0.3, -0.25) is 39.4 Å². The molecule has 10 rings (SSSR count). The van der Waals surface area contributed by atoms with Crippen molar-refractivity contribution in [3.05, 3.63) is 143 Å². The van der Waals surface area contributed by atoms with Crippen molar-refractivity contribution in [1.29, 1.82) is 0 Å². The van der Waals surface area contributed by atoms with Gasteiger partial charge in [0.15, 0.2) is 5.78 Å². The Hall–Kier alpha value is -6.84. The van der Waals surface area contributed by atoms with E-state index in [9.17, 15) is 33.9 Å². The molecule has 14 heteroatoms. The minimum absolute atomic E-state index is 0.00871. The lowest BCUT2D eigenvalue weighted by Crippen LogP contribution is -2.49. The lowest BCUT2D eigenvalue weighted by atomic mass is 9.91. The van der Waals surface area contributed by atoms with Crippen molar-refractivity contribution >= 4 is 35.1 Å². The van der Waals surface area contributed by atoms with Gasteiger partial charge in [-0.2, -0.15) is 0 Å². The summed E-state index contributed by atoms with van der Waals surface area (Å²) < 4.78 is 12.5. The summed E-state index contributed by atoms with van der Waals surface area (Å²) in [5.74, 6) is -4.50. The molecular weight excluding hydrogens is 743 g/mol. The Morgan fingerprint density at radius 3 is 1.86 bits per heavy atom. The van der Waals surface area contributed by atoms with Gasteiger partial charge in [-0.05, 0) is 94.5 Å². The highest BCUT2D eigenvalue weighted by molar-refractivity contribution is 6.67. The van der Waals surface area contributed by atoms with Gasteiger partial charge in [0.1, 0.15) is 29.0 Å². The zero-order valence-electron chi connectivity index (χ0n) is 30.8. The number of carbonyl (C=O) groups is 6.